The molecule has 1 heterocycles. The highest BCUT2D eigenvalue weighted by Gasteiger charge is 2.57. The number of sulfone groups is 1. The largest absolute Gasteiger partial charge is 0.419 e. The molecule has 1 saturated heterocycles. The summed E-state index contributed by atoms with van der Waals surface area (Å²) in [5.74, 6) is -0.987. The maximum absolute atomic E-state index is 12.7. The first-order valence-electron chi connectivity index (χ1n) is 7.34. The van der Waals surface area contributed by atoms with Gasteiger partial charge in [0.1, 0.15) is 0 Å². The third kappa shape index (κ3) is 3.56. The van der Waals surface area contributed by atoms with Crippen LogP contribution in [0, 0.1) is 0 Å². The average molecular weight is 343 g/mol. The zero-order chi connectivity index (χ0) is 16.6. The Morgan fingerprint density at radius 2 is 1.86 bits per heavy atom. The molecule has 1 N–H and O–H groups in total. The van der Waals surface area contributed by atoms with Crippen molar-refractivity contribution in [1.82, 2.24) is 4.90 Å². The molecule has 0 bridgehead atoms. The molecule has 0 radical (unpaired) electrons. The molecule has 0 aromatic rings. The van der Waals surface area contributed by atoms with Crippen LogP contribution in [-0.4, -0.2) is 60.2 Å². The van der Waals surface area contributed by atoms with Gasteiger partial charge in [0.15, 0.2) is 15.4 Å². The average Bonchev–Trinajstić information content (AvgIpc) is 3.05. The lowest BCUT2D eigenvalue weighted by Crippen LogP contribution is -2.48. The number of amides is 1. The van der Waals surface area contributed by atoms with Crippen molar-refractivity contribution >= 4 is 15.7 Å². The number of aliphatic hydroxyl groups is 1. The van der Waals surface area contributed by atoms with Crippen LogP contribution in [0.15, 0.2) is 0 Å². The number of alkyl halides is 3. The Balaban J connectivity index is 1.89. The Morgan fingerprint density at radius 1 is 1.27 bits per heavy atom. The summed E-state index contributed by atoms with van der Waals surface area (Å²) in [6.45, 7) is -1.03. The first-order valence-corrected chi connectivity index (χ1v) is 9.05. The minimum absolute atomic E-state index is 0.210. The lowest BCUT2D eigenvalue weighted by atomic mass is 10.0. The molecule has 5 nitrogen and oxygen atoms in total. The van der Waals surface area contributed by atoms with Crippen LogP contribution in [0.1, 0.15) is 38.5 Å². The van der Waals surface area contributed by atoms with Crippen molar-refractivity contribution in [1.29, 1.82) is 0 Å². The van der Waals surface area contributed by atoms with E-state index in [1.165, 1.54) is 0 Å². The van der Waals surface area contributed by atoms with E-state index in [0.29, 0.717) is 12.8 Å². The zero-order valence-electron chi connectivity index (χ0n) is 12.1. The molecule has 1 amide bonds. The van der Waals surface area contributed by atoms with Gasteiger partial charge in [0.05, 0.1) is 17.5 Å². The minimum atomic E-state index is -4.79. The number of halogens is 3. The lowest BCUT2D eigenvalue weighted by molar-refractivity contribution is -0.253. The fourth-order valence-corrected chi connectivity index (χ4v) is 4.88. The summed E-state index contributed by atoms with van der Waals surface area (Å²) in [6.07, 6.45) is -2.81. The molecule has 0 spiro atoms. The van der Waals surface area contributed by atoms with Crippen LogP contribution in [0.25, 0.3) is 0 Å². The normalized spacial score (nSPS) is 27.5. The van der Waals surface area contributed by atoms with Crippen molar-refractivity contribution in [3.05, 3.63) is 0 Å². The van der Waals surface area contributed by atoms with Gasteiger partial charge < -0.3 is 10.0 Å². The van der Waals surface area contributed by atoms with E-state index in [1.807, 2.05) is 0 Å². The van der Waals surface area contributed by atoms with Gasteiger partial charge in [-0.15, -0.1) is 0 Å². The Bertz CT molecular complexity index is 528. The van der Waals surface area contributed by atoms with E-state index >= 15 is 0 Å². The number of nitrogens with zero attached hydrogens (tertiary/aromatic N) is 1. The van der Waals surface area contributed by atoms with Crippen molar-refractivity contribution in [2.75, 3.05) is 18.8 Å². The topological polar surface area (TPSA) is 74.7 Å². The molecule has 2 fully saturated rings. The van der Waals surface area contributed by atoms with E-state index in [2.05, 4.69) is 0 Å². The van der Waals surface area contributed by atoms with Gasteiger partial charge in [-0.25, -0.2) is 8.42 Å². The molecule has 1 saturated carbocycles. The van der Waals surface area contributed by atoms with E-state index in [9.17, 15) is 31.5 Å². The second kappa shape index (κ2) is 5.99. The van der Waals surface area contributed by atoms with E-state index < -0.39 is 45.7 Å². The van der Waals surface area contributed by atoms with Crippen LogP contribution in [0.5, 0.6) is 0 Å². The van der Waals surface area contributed by atoms with Crippen LogP contribution in [0.2, 0.25) is 0 Å². The Hall–Kier alpha value is -0.830. The number of likely N-dealkylation sites (tertiary alicyclic amines) is 1. The summed E-state index contributed by atoms with van der Waals surface area (Å²) < 4.78 is 62.1. The van der Waals surface area contributed by atoms with E-state index in [1.54, 1.807) is 0 Å². The van der Waals surface area contributed by atoms with Crippen LogP contribution in [-0.2, 0) is 14.6 Å². The highest BCUT2D eigenvalue weighted by atomic mass is 32.2. The number of hydrogen-bond donors (Lipinski definition) is 1. The fraction of sp³-hybridized carbons (Fsp3) is 0.923. The van der Waals surface area contributed by atoms with Crippen molar-refractivity contribution in [2.24, 2.45) is 0 Å². The van der Waals surface area contributed by atoms with Gasteiger partial charge >= 0.3 is 6.18 Å². The van der Waals surface area contributed by atoms with Crippen LogP contribution >= 0.6 is 0 Å². The minimum Gasteiger partial charge on any atom is -0.379 e. The van der Waals surface area contributed by atoms with Crippen LogP contribution in [0.4, 0.5) is 13.2 Å². The molecule has 1 aliphatic heterocycles. The predicted molar refractivity (Wildman–Crippen MR) is 72.9 cm³/mol. The molecule has 1 aliphatic carbocycles. The van der Waals surface area contributed by atoms with Crippen LogP contribution < -0.4 is 0 Å². The molecule has 9 heteroatoms. The van der Waals surface area contributed by atoms with E-state index in [0.717, 1.165) is 17.7 Å². The summed E-state index contributed by atoms with van der Waals surface area (Å²) in [5, 5.41) is 9.09. The molecular weight excluding hydrogens is 323 g/mol. The van der Waals surface area contributed by atoms with E-state index in [4.69, 9.17) is 0 Å². The van der Waals surface area contributed by atoms with Crippen molar-refractivity contribution in [3.8, 4) is 0 Å². The second-order valence-corrected chi connectivity index (χ2v) is 8.52. The standard InChI is InChI=1S/C13H20F3NO4S/c14-13(15,16)12(19)6-7-17(9-12)11(18)5-8-22(20,21)10-3-1-2-4-10/h10,19H,1-9H2. The monoisotopic (exact) mass is 343 g/mol. The number of carbonyl (C=O) groups excluding carboxylic acids is 1. The van der Waals surface area contributed by atoms with Crippen molar-refractivity contribution in [3.63, 3.8) is 0 Å². The van der Waals surface area contributed by atoms with Gasteiger partial charge in [-0.05, 0) is 12.8 Å². The van der Waals surface area contributed by atoms with Gasteiger partial charge in [0.25, 0.3) is 0 Å². The molecule has 1 atom stereocenters. The SMILES string of the molecule is O=C(CCS(=O)(=O)C1CCCC1)N1CCC(O)(C(F)(F)F)C1. The Labute approximate surface area is 127 Å². The summed E-state index contributed by atoms with van der Waals surface area (Å²) in [7, 11) is -3.37. The molecule has 0 aromatic carbocycles. The highest BCUT2D eigenvalue weighted by Crippen LogP contribution is 2.37. The molecule has 2 aliphatic rings. The molecule has 2 rings (SSSR count). The number of hydrogen-bond acceptors (Lipinski definition) is 4. The number of carbonyl (C=O) groups is 1. The third-order valence-electron chi connectivity index (χ3n) is 4.54. The fourth-order valence-electron chi connectivity index (χ4n) is 3.04. The molecule has 22 heavy (non-hydrogen) atoms. The van der Waals surface area contributed by atoms with Gasteiger partial charge in [0.2, 0.25) is 5.91 Å². The van der Waals surface area contributed by atoms with E-state index in [-0.39, 0.29) is 18.7 Å². The van der Waals surface area contributed by atoms with Crippen LogP contribution in [0.3, 0.4) is 0 Å². The maximum atomic E-state index is 12.7. The number of β-amino-alcohol motifs (C(OH)–C–C–N with tert-alkyl or cyclic N) is 1. The second-order valence-electron chi connectivity index (χ2n) is 6.12. The smallest absolute Gasteiger partial charge is 0.379 e. The molecule has 128 valence electrons. The van der Waals surface area contributed by atoms with Crippen molar-refractivity contribution < 1.29 is 31.5 Å². The quantitative estimate of drug-likeness (QED) is 0.834. The van der Waals surface area contributed by atoms with Gasteiger partial charge in [0, 0.05) is 19.4 Å². The number of rotatable bonds is 4. The molecular formula is C13H20F3NO4S. The van der Waals surface area contributed by atoms with Gasteiger partial charge in [-0.3, -0.25) is 4.79 Å². The lowest BCUT2D eigenvalue weighted by Gasteiger charge is -2.26. The van der Waals surface area contributed by atoms with Gasteiger partial charge in [-0.1, -0.05) is 12.8 Å². The van der Waals surface area contributed by atoms with Crippen molar-refractivity contribution in [2.45, 2.75) is 55.6 Å². The summed E-state index contributed by atoms with van der Waals surface area (Å²) >= 11 is 0. The Morgan fingerprint density at radius 3 is 2.36 bits per heavy atom. The third-order valence-corrected chi connectivity index (χ3v) is 6.80. The zero-order valence-corrected chi connectivity index (χ0v) is 12.9. The summed E-state index contributed by atoms with van der Waals surface area (Å²) in [6, 6.07) is 0. The highest BCUT2D eigenvalue weighted by molar-refractivity contribution is 7.92. The summed E-state index contributed by atoms with van der Waals surface area (Å²) in [5.41, 5.74) is -2.88. The molecule has 1 unspecified atom stereocenters. The first kappa shape index (κ1) is 17.5. The predicted octanol–water partition coefficient (Wildman–Crippen LogP) is 1.26. The summed E-state index contributed by atoms with van der Waals surface area (Å²) in [4.78, 5) is 12.8. The Kier molecular flexibility index (Phi) is 4.77. The molecule has 0 aromatic heterocycles. The maximum Gasteiger partial charge on any atom is 0.419 e. The van der Waals surface area contributed by atoms with Gasteiger partial charge in [-0.2, -0.15) is 13.2 Å². The first-order chi connectivity index (χ1) is 10.1.